The van der Waals surface area contributed by atoms with Crippen molar-refractivity contribution in [3.8, 4) is 5.75 Å². The van der Waals surface area contributed by atoms with Crippen molar-refractivity contribution in [3.05, 3.63) is 71.9 Å². The third-order valence-electron chi connectivity index (χ3n) is 4.56. The average molecular weight is 406 g/mol. The number of amides is 1. The summed E-state index contributed by atoms with van der Waals surface area (Å²) >= 11 is 0. The van der Waals surface area contributed by atoms with Gasteiger partial charge in [-0.25, -0.2) is 9.78 Å². The Morgan fingerprint density at radius 3 is 2.43 bits per heavy atom. The van der Waals surface area contributed by atoms with Gasteiger partial charge in [0.1, 0.15) is 18.1 Å². The second-order valence-corrected chi connectivity index (χ2v) is 7.94. The summed E-state index contributed by atoms with van der Waals surface area (Å²) in [6.45, 7) is 6.73. The largest absolute Gasteiger partial charge is 0.492 e. The van der Waals surface area contributed by atoms with Crippen LogP contribution in [-0.2, 0) is 14.9 Å². The van der Waals surface area contributed by atoms with Gasteiger partial charge in [0.25, 0.3) is 5.91 Å². The summed E-state index contributed by atoms with van der Waals surface area (Å²) in [5.74, 6) is -0.284. The van der Waals surface area contributed by atoms with Crippen molar-refractivity contribution in [2.75, 3.05) is 19.8 Å². The Labute approximate surface area is 176 Å². The Balaban J connectivity index is 1.38. The fourth-order valence-electron chi connectivity index (χ4n) is 2.85. The van der Waals surface area contributed by atoms with Crippen molar-refractivity contribution in [1.82, 2.24) is 10.3 Å². The minimum atomic E-state index is -0.633. The Morgan fingerprint density at radius 1 is 0.967 bits per heavy atom. The first-order chi connectivity index (χ1) is 14.3. The van der Waals surface area contributed by atoms with Crippen LogP contribution in [0.25, 0.3) is 10.9 Å². The lowest BCUT2D eigenvalue weighted by Crippen LogP contribution is -2.32. The normalized spacial score (nSPS) is 11.2. The summed E-state index contributed by atoms with van der Waals surface area (Å²) in [7, 11) is 0. The molecule has 3 rings (SSSR count). The van der Waals surface area contributed by atoms with E-state index in [0.29, 0.717) is 18.7 Å². The van der Waals surface area contributed by atoms with Crippen LogP contribution in [0.5, 0.6) is 5.75 Å². The molecule has 2 aromatic carbocycles. The summed E-state index contributed by atoms with van der Waals surface area (Å²) < 4.78 is 10.7. The van der Waals surface area contributed by atoms with Gasteiger partial charge in [-0.05, 0) is 35.2 Å². The topological polar surface area (TPSA) is 77.5 Å². The molecule has 1 heterocycles. The van der Waals surface area contributed by atoms with Gasteiger partial charge >= 0.3 is 5.97 Å². The molecule has 0 atom stereocenters. The first-order valence-electron chi connectivity index (χ1n) is 9.86. The van der Waals surface area contributed by atoms with Gasteiger partial charge < -0.3 is 14.8 Å². The smallest absolute Gasteiger partial charge is 0.357 e. The highest BCUT2D eigenvalue weighted by molar-refractivity contribution is 5.92. The van der Waals surface area contributed by atoms with Crippen LogP contribution in [0.2, 0.25) is 0 Å². The number of para-hydroxylation sites is 1. The molecule has 1 N–H and O–H groups in total. The molecule has 1 amide bonds. The lowest BCUT2D eigenvalue weighted by Gasteiger charge is -2.19. The number of ether oxygens (including phenoxy) is 2. The lowest BCUT2D eigenvalue weighted by molar-refractivity contribution is -0.124. The Morgan fingerprint density at radius 2 is 1.70 bits per heavy atom. The van der Waals surface area contributed by atoms with Gasteiger partial charge in [0.2, 0.25) is 0 Å². The molecule has 0 aliphatic rings. The fourth-order valence-corrected chi connectivity index (χ4v) is 2.85. The quantitative estimate of drug-likeness (QED) is 0.476. The first-order valence-corrected chi connectivity index (χ1v) is 9.86. The molecule has 0 saturated carbocycles. The van der Waals surface area contributed by atoms with Crippen molar-refractivity contribution in [2.24, 2.45) is 0 Å². The number of fused-ring (bicyclic) bond motifs is 1. The molecule has 0 fully saturated rings. The van der Waals surface area contributed by atoms with Crippen LogP contribution in [0.4, 0.5) is 0 Å². The third-order valence-corrected chi connectivity index (χ3v) is 4.56. The van der Waals surface area contributed by atoms with Gasteiger partial charge in [-0.3, -0.25) is 4.79 Å². The third kappa shape index (κ3) is 5.80. The maximum absolute atomic E-state index is 12.1. The van der Waals surface area contributed by atoms with Crippen LogP contribution >= 0.6 is 0 Å². The summed E-state index contributed by atoms with van der Waals surface area (Å²) in [5, 5.41) is 3.59. The molecule has 3 aromatic rings. The number of aromatic nitrogens is 1. The monoisotopic (exact) mass is 406 g/mol. The minimum Gasteiger partial charge on any atom is -0.492 e. The molecular weight excluding hydrogens is 380 g/mol. The van der Waals surface area contributed by atoms with Gasteiger partial charge in [-0.1, -0.05) is 57.2 Å². The number of esters is 1. The van der Waals surface area contributed by atoms with Crippen LogP contribution < -0.4 is 10.1 Å². The number of carbonyl (C=O) groups is 2. The molecule has 156 valence electrons. The van der Waals surface area contributed by atoms with Crippen LogP contribution in [-0.4, -0.2) is 36.6 Å². The number of nitrogens with one attached hydrogen (secondary N) is 1. The van der Waals surface area contributed by atoms with Crippen molar-refractivity contribution in [1.29, 1.82) is 0 Å². The Hall–Kier alpha value is -3.41. The maximum Gasteiger partial charge on any atom is 0.357 e. The number of carbonyl (C=O) groups excluding carboxylic acids is 2. The molecule has 0 bridgehead atoms. The van der Waals surface area contributed by atoms with Crippen molar-refractivity contribution in [3.63, 3.8) is 0 Å². The summed E-state index contributed by atoms with van der Waals surface area (Å²) in [5.41, 5.74) is 2.19. The zero-order valence-electron chi connectivity index (χ0n) is 17.5. The molecule has 0 aliphatic heterocycles. The predicted molar refractivity (Wildman–Crippen MR) is 116 cm³/mol. The first kappa shape index (κ1) is 21.3. The number of hydrogen-bond donors (Lipinski definition) is 1. The molecule has 6 heteroatoms. The summed E-state index contributed by atoms with van der Waals surface area (Å²) in [6.07, 6.45) is 0. The van der Waals surface area contributed by atoms with Crippen molar-refractivity contribution < 1.29 is 19.1 Å². The second-order valence-electron chi connectivity index (χ2n) is 7.94. The number of nitrogens with zero attached hydrogens (tertiary/aromatic N) is 1. The van der Waals surface area contributed by atoms with Crippen LogP contribution in [0.1, 0.15) is 36.8 Å². The summed E-state index contributed by atoms with van der Waals surface area (Å²) in [6, 6.07) is 18.8. The van der Waals surface area contributed by atoms with Crippen LogP contribution in [0.3, 0.4) is 0 Å². The van der Waals surface area contributed by atoms with E-state index in [1.807, 2.05) is 48.5 Å². The standard InChI is InChI=1S/C24H26N2O4/c1-24(2,3)18-9-11-19(12-10-18)29-15-14-25-22(27)16-30-23(28)21-13-8-17-6-4-5-7-20(17)26-21/h4-13H,14-16H2,1-3H3,(H,25,27). The predicted octanol–water partition coefficient (Wildman–Crippen LogP) is 3.88. The molecule has 0 saturated heterocycles. The zero-order valence-corrected chi connectivity index (χ0v) is 17.5. The van der Waals surface area contributed by atoms with E-state index in [-0.39, 0.29) is 17.7 Å². The molecule has 30 heavy (non-hydrogen) atoms. The van der Waals surface area contributed by atoms with E-state index in [1.165, 1.54) is 5.56 Å². The molecular formula is C24H26N2O4. The number of benzene rings is 2. The highest BCUT2D eigenvalue weighted by Crippen LogP contribution is 2.24. The van der Waals surface area contributed by atoms with E-state index in [0.717, 1.165) is 11.1 Å². The van der Waals surface area contributed by atoms with Crippen LogP contribution in [0.15, 0.2) is 60.7 Å². The van der Waals surface area contributed by atoms with Crippen LogP contribution in [0, 0.1) is 0 Å². The SMILES string of the molecule is CC(C)(C)c1ccc(OCCNC(=O)COC(=O)c2ccc3ccccc3n2)cc1. The Kier molecular flexibility index (Phi) is 6.67. The van der Waals surface area contributed by atoms with E-state index in [2.05, 4.69) is 31.1 Å². The van der Waals surface area contributed by atoms with E-state index in [9.17, 15) is 9.59 Å². The average Bonchev–Trinajstić information content (AvgIpc) is 2.74. The lowest BCUT2D eigenvalue weighted by atomic mass is 9.87. The van der Waals surface area contributed by atoms with Gasteiger partial charge in [-0.2, -0.15) is 0 Å². The van der Waals surface area contributed by atoms with E-state index >= 15 is 0 Å². The number of hydrogen-bond acceptors (Lipinski definition) is 5. The molecule has 0 aliphatic carbocycles. The van der Waals surface area contributed by atoms with Gasteiger partial charge in [0.15, 0.2) is 6.61 Å². The maximum atomic E-state index is 12.1. The molecule has 0 unspecified atom stereocenters. The van der Waals surface area contributed by atoms with E-state index in [1.54, 1.807) is 12.1 Å². The van der Waals surface area contributed by atoms with Gasteiger partial charge in [0, 0.05) is 5.39 Å². The highest BCUT2D eigenvalue weighted by Gasteiger charge is 2.13. The van der Waals surface area contributed by atoms with Gasteiger partial charge in [0.05, 0.1) is 12.1 Å². The van der Waals surface area contributed by atoms with Crippen molar-refractivity contribution in [2.45, 2.75) is 26.2 Å². The number of pyridine rings is 1. The van der Waals surface area contributed by atoms with Gasteiger partial charge in [-0.15, -0.1) is 0 Å². The van der Waals surface area contributed by atoms with E-state index < -0.39 is 11.9 Å². The molecule has 0 radical (unpaired) electrons. The zero-order chi connectivity index (χ0) is 21.6. The highest BCUT2D eigenvalue weighted by atomic mass is 16.5. The number of rotatable bonds is 7. The van der Waals surface area contributed by atoms with Crippen molar-refractivity contribution >= 4 is 22.8 Å². The molecule has 1 aromatic heterocycles. The second kappa shape index (κ2) is 9.39. The fraction of sp³-hybridized carbons (Fsp3) is 0.292. The molecule has 6 nitrogen and oxygen atoms in total. The molecule has 0 spiro atoms. The minimum absolute atomic E-state index is 0.0896. The summed E-state index contributed by atoms with van der Waals surface area (Å²) in [4.78, 5) is 28.3. The Bertz CT molecular complexity index is 1020. The van der Waals surface area contributed by atoms with E-state index in [4.69, 9.17) is 9.47 Å².